The fourth-order valence-corrected chi connectivity index (χ4v) is 5.47. The van der Waals surface area contributed by atoms with Gasteiger partial charge in [0.1, 0.15) is 11.3 Å². The Kier molecular flexibility index (Phi) is 5.65. The van der Waals surface area contributed by atoms with Crippen LogP contribution in [0.2, 0.25) is 0 Å². The van der Waals surface area contributed by atoms with Gasteiger partial charge < -0.3 is 9.84 Å². The van der Waals surface area contributed by atoms with Crippen LogP contribution in [0.4, 0.5) is 5.69 Å². The van der Waals surface area contributed by atoms with Crippen LogP contribution in [0.25, 0.3) is 0 Å². The number of hydrogen-bond acceptors (Lipinski definition) is 5. The van der Waals surface area contributed by atoms with Crippen molar-refractivity contribution in [2.45, 2.75) is 24.9 Å². The van der Waals surface area contributed by atoms with Gasteiger partial charge >= 0.3 is 5.97 Å². The van der Waals surface area contributed by atoms with Crippen LogP contribution in [0, 0.1) is 18.8 Å². The molecule has 0 radical (unpaired) electrons. The van der Waals surface area contributed by atoms with Crippen LogP contribution >= 0.6 is 0 Å². The van der Waals surface area contributed by atoms with Crippen molar-refractivity contribution in [3.8, 4) is 5.75 Å². The van der Waals surface area contributed by atoms with Crippen molar-refractivity contribution >= 4 is 23.5 Å². The Morgan fingerprint density at radius 1 is 0.971 bits per heavy atom. The molecule has 35 heavy (non-hydrogen) atoms. The van der Waals surface area contributed by atoms with E-state index in [1.807, 2.05) is 61.5 Å². The van der Waals surface area contributed by atoms with E-state index in [4.69, 9.17) is 4.74 Å². The minimum Gasteiger partial charge on any atom is -0.495 e. The van der Waals surface area contributed by atoms with E-state index in [1.54, 1.807) is 24.3 Å². The lowest BCUT2D eigenvalue weighted by Gasteiger charge is -2.31. The number of imide groups is 1. The molecule has 2 N–H and O–H groups in total. The largest absolute Gasteiger partial charge is 0.495 e. The van der Waals surface area contributed by atoms with Crippen LogP contribution in [0.3, 0.4) is 0 Å². The number of carbonyl (C=O) groups excluding carboxylic acids is 2. The van der Waals surface area contributed by atoms with Crippen molar-refractivity contribution in [3.63, 3.8) is 0 Å². The number of aliphatic carboxylic acids is 1. The highest BCUT2D eigenvalue weighted by atomic mass is 16.5. The van der Waals surface area contributed by atoms with Gasteiger partial charge in [-0.1, -0.05) is 72.3 Å². The van der Waals surface area contributed by atoms with Crippen LogP contribution in [0.15, 0.2) is 78.9 Å². The molecule has 0 bridgehead atoms. The number of fused-ring (bicyclic) bond motifs is 1. The lowest BCUT2D eigenvalue weighted by molar-refractivity contribution is -0.148. The highest BCUT2D eigenvalue weighted by Gasteiger charge is 2.68. The fraction of sp³-hybridized carbons (Fsp3) is 0.250. The maximum absolute atomic E-state index is 14.0. The zero-order chi connectivity index (χ0) is 24.7. The smallest absolute Gasteiger partial charge is 0.325 e. The third-order valence-electron chi connectivity index (χ3n) is 7.12. The summed E-state index contributed by atoms with van der Waals surface area (Å²) in [6.07, 6.45) is 0.0610. The molecule has 7 heteroatoms. The van der Waals surface area contributed by atoms with E-state index in [-0.39, 0.29) is 6.42 Å². The number of nitrogens with zero attached hydrogens (tertiary/aromatic N) is 1. The summed E-state index contributed by atoms with van der Waals surface area (Å²) in [5.41, 5.74) is 1.24. The number of hydrogen-bond donors (Lipinski definition) is 2. The van der Waals surface area contributed by atoms with Crippen molar-refractivity contribution < 1.29 is 24.2 Å². The molecule has 2 heterocycles. The number of carboxylic acids is 1. The average molecular weight is 471 g/mol. The third kappa shape index (κ3) is 3.59. The SMILES string of the molecule is COc1ccccc1N1C(=O)C2C(c3ccc(C)cc3)NC(Cc3ccccc3)(C(=O)O)C2C1=O. The Hall–Kier alpha value is -3.97. The van der Waals surface area contributed by atoms with Gasteiger partial charge in [0.25, 0.3) is 0 Å². The van der Waals surface area contributed by atoms with Crippen LogP contribution in [-0.4, -0.2) is 35.5 Å². The number of methoxy groups -OCH3 is 1. The quantitative estimate of drug-likeness (QED) is 0.535. The normalized spacial score (nSPS) is 25.5. The molecule has 2 amide bonds. The zero-order valence-corrected chi connectivity index (χ0v) is 19.5. The molecule has 4 unspecified atom stereocenters. The Bertz CT molecular complexity index is 1290. The van der Waals surface area contributed by atoms with Gasteiger partial charge in [0, 0.05) is 12.5 Å². The van der Waals surface area contributed by atoms with Crippen molar-refractivity contribution in [2.75, 3.05) is 12.0 Å². The molecule has 2 aliphatic rings. The van der Waals surface area contributed by atoms with Gasteiger partial charge in [-0.2, -0.15) is 0 Å². The first-order chi connectivity index (χ1) is 16.9. The average Bonchev–Trinajstić information content (AvgIpc) is 3.34. The molecular formula is C28H26N2O5. The minimum absolute atomic E-state index is 0.0610. The highest BCUT2D eigenvalue weighted by Crippen LogP contribution is 2.51. The Morgan fingerprint density at radius 2 is 1.63 bits per heavy atom. The maximum Gasteiger partial charge on any atom is 0.325 e. The second-order valence-corrected chi connectivity index (χ2v) is 9.16. The lowest BCUT2D eigenvalue weighted by atomic mass is 9.76. The van der Waals surface area contributed by atoms with Crippen molar-refractivity contribution in [1.29, 1.82) is 0 Å². The lowest BCUT2D eigenvalue weighted by Crippen LogP contribution is -2.57. The van der Waals surface area contributed by atoms with Gasteiger partial charge in [0.05, 0.1) is 24.6 Å². The van der Waals surface area contributed by atoms with Gasteiger partial charge in [-0.15, -0.1) is 0 Å². The van der Waals surface area contributed by atoms with E-state index in [1.165, 1.54) is 7.11 Å². The third-order valence-corrected chi connectivity index (χ3v) is 7.12. The van der Waals surface area contributed by atoms with Crippen LogP contribution in [-0.2, 0) is 20.8 Å². The second-order valence-electron chi connectivity index (χ2n) is 9.16. The fourth-order valence-electron chi connectivity index (χ4n) is 5.47. The Labute approximate surface area is 203 Å². The molecule has 0 aromatic heterocycles. The van der Waals surface area contributed by atoms with Crippen molar-refractivity contribution in [1.82, 2.24) is 5.32 Å². The molecule has 2 aliphatic heterocycles. The number of carbonyl (C=O) groups is 3. The number of benzene rings is 3. The number of ether oxygens (including phenoxy) is 1. The maximum atomic E-state index is 14.0. The number of rotatable bonds is 6. The van der Waals surface area contributed by atoms with E-state index in [0.29, 0.717) is 11.4 Å². The summed E-state index contributed by atoms with van der Waals surface area (Å²) in [6, 6.07) is 22.9. The molecule has 5 rings (SSSR count). The number of carboxylic acid groups (broad SMARTS) is 1. The Morgan fingerprint density at radius 3 is 2.29 bits per heavy atom. The predicted molar refractivity (Wildman–Crippen MR) is 130 cm³/mol. The number of anilines is 1. The van der Waals surface area contributed by atoms with E-state index < -0.39 is 41.2 Å². The van der Waals surface area contributed by atoms with Crippen LogP contribution in [0.5, 0.6) is 5.75 Å². The second kappa shape index (κ2) is 8.67. The van der Waals surface area contributed by atoms with E-state index in [9.17, 15) is 19.5 Å². The molecular weight excluding hydrogens is 444 g/mol. The molecule has 4 atom stereocenters. The molecule has 178 valence electrons. The predicted octanol–water partition coefficient (Wildman–Crippen LogP) is 3.52. The highest BCUT2D eigenvalue weighted by molar-refractivity contribution is 6.24. The van der Waals surface area contributed by atoms with E-state index in [2.05, 4.69) is 5.32 Å². The number of aryl methyl sites for hydroxylation is 1. The first kappa shape index (κ1) is 22.8. The van der Waals surface area contributed by atoms with Gasteiger partial charge in [0.2, 0.25) is 11.8 Å². The summed E-state index contributed by atoms with van der Waals surface area (Å²) in [4.78, 5) is 41.9. The zero-order valence-electron chi connectivity index (χ0n) is 19.5. The molecule has 2 saturated heterocycles. The number of amides is 2. The van der Waals surface area contributed by atoms with E-state index in [0.717, 1.165) is 21.6 Å². The van der Waals surface area contributed by atoms with Gasteiger partial charge in [0.15, 0.2) is 0 Å². The summed E-state index contributed by atoms with van der Waals surface area (Å²) < 4.78 is 5.42. The minimum atomic E-state index is -1.66. The number of nitrogens with one attached hydrogen (secondary N) is 1. The topological polar surface area (TPSA) is 95.9 Å². The van der Waals surface area contributed by atoms with Crippen molar-refractivity contribution in [3.05, 3.63) is 95.6 Å². The van der Waals surface area contributed by atoms with Gasteiger partial charge in [-0.05, 0) is 30.2 Å². The van der Waals surface area contributed by atoms with Crippen molar-refractivity contribution in [2.24, 2.45) is 11.8 Å². The van der Waals surface area contributed by atoms with E-state index >= 15 is 0 Å². The summed E-state index contributed by atoms with van der Waals surface area (Å²) >= 11 is 0. The summed E-state index contributed by atoms with van der Waals surface area (Å²) in [5, 5.41) is 13.8. The van der Waals surface area contributed by atoms with Gasteiger partial charge in [-0.3, -0.25) is 19.7 Å². The Balaban J connectivity index is 1.67. The first-order valence-electron chi connectivity index (χ1n) is 11.5. The number of para-hydroxylation sites is 2. The summed E-state index contributed by atoms with van der Waals surface area (Å²) in [7, 11) is 1.47. The standard InChI is InChI=1S/C28H26N2O5/c1-17-12-14-19(15-13-17)24-22-23(28(29-24,27(33)34)16-18-8-4-3-5-9-18)26(32)30(25(22)31)20-10-6-7-11-21(20)35-2/h3-15,22-24,29H,16H2,1-2H3,(H,33,34). The summed E-state index contributed by atoms with van der Waals surface area (Å²) in [5.74, 6) is -3.73. The van der Waals surface area contributed by atoms with Gasteiger partial charge in [-0.25, -0.2) is 4.90 Å². The molecule has 0 saturated carbocycles. The molecule has 3 aromatic rings. The molecule has 7 nitrogen and oxygen atoms in total. The molecule has 0 spiro atoms. The van der Waals surface area contributed by atoms with Crippen LogP contribution in [0.1, 0.15) is 22.7 Å². The molecule has 3 aromatic carbocycles. The monoisotopic (exact) mass is 470 g/mol. The molecule has 0 aliphatic carbocycles. The summed E-state index contributed by atoms with van der Waals surface area (Å²) in [6.45, 7) is 1.96. The first-order valence-corrected chi connectivity index (χ1v) is 11.5. The molecule has 2 fully saturated rings. The van der Waals surface area contributed by atoms with Crippen LogP contribution < -0.4 is 15.0 Å².